The molecule has 4 heteroatoms. The molecule has 0 spiro atoms. The standard InChI is InChI=1S/C28H56N2O.ClH/c1-6-8-10-12-14-16-17-19-21-23-25-30(4,5)27(3)26-28(31)29-24-22-20-18-15-13-11-9-7-2;/h3,6-26H2,1-2,4-5H3;1H. The van der Waals surface area contributed by atoms with Gasteiger partial charge in [0.25, 0.3) is 0 Å². The molecule has 0 radical (unpaired) electrons. The fourth-order valence-electron chi connectivity index (χ4n) is 4.10. The van der Waals surface area contributed by atoms with Crippen LogP contribution in [-0.2, 0) is 4.79 Å². The van der Waals surface area contributed by atoms with Crippen LogP contribution in [0, 0.1) is 0 Å². The summed E-state index contributed by atoms with van der Waals surface area (Å²) < 4.78 is 0.766. The first-order chi connectivity index (χ1) is 14.9. The van der Waals surface area contributed by atoms with Gasteiger partial charge in [-0.05, 0) is 25.8 Å². The van der Waals surface area contributed by atoms with Crippen molar-refractivity contribution in [2.24, 2.45) is 0 Å². The lowest BCUT2D eigenvalue weighted by molar-refractivity contribution is -0.853. The normalized spacial score (nSPS) is 11.2. The van der Waals surface area contributed by atoms with Gasteiger partial charge in [-0.1, -0.05) is 110 Å². The Morgan fingerprint density at radius 2 is 1.03 bits per heavy atom. The largest absolute Gasteiger partial charge is 1.00 e. The smallest absolute Gasteiger partial charge is 0.229 e. The van der Waals surface area contributed by atoms with Gasteiger partial charge in [0.1, 0.15) is 12.1 Å². The molecular formula is C28H57ClN2O. The summed E-state index contributed by atoms with van der Waals surface area (Å²) in [7, 11) is 4.39. The van der Waals surface area contributed by atoms with E-state index in [1.165, 1.54) is 109 Å². The number of nitrogens with zero attached hydrogens (tertiary/aromatic N) is 1. The number of carbonyl (C=O) groups excluding carboxylic acids is 1. The van der Waals surface area contributed by atoms with Crippen LogP contribution >= 0.6 is 0 Å². The maximum Gasteiger partial charge on any atom is 0.229 e. The van der Waals surface area contributed by atoms with Crippen molar-refractivity contribution in [2.45, 2.75) is 136 Å². The van der Waals surface area contributed by atoms with Crippen LogP contribution in [0.15, 0.2) is 12.3 Å². The Morgan fingerprint density at radius 1 is 0.656 bits per heavy atom. The Morgan fingerprint density at radius 3 is 1.47 bits per heavy atom. The highest BCUT2D eigenvalue weighted by Gasteiger charge is 2.22. The van der Waals surface area contributed by atoms with Crippen LogP contribution in [0.3, 0.4) is 0 Å². The van der Waals surface area contributed by atoms with Gasteiger partial charge in [-0.2, -0.15) is 0 Å². The summed E-state index contributed by atoms with van der Waals surface area (Å²) in [4.78, 5) is 12.3. The Bertz CT molecular complexity index is 437. The van der Waals surface area contributed by atoms with Crippen molar-refractivity contribution in [3.8, 4) is 0 Å². The number of nitrogens with one attached hydrogen (secondary N) is 1. The quantitative estimate of drug-likeness (QED) is 0.162. The van der Waals surface area contributed by atoms with Crippen LogP contribution in [0.1, 0.15) is 136 Å². The van der Waals surface area contributed by atoms with E-state index in [1.54, 1.807) is 0 Å². The second-order valence-corrected chi connectivity index (χ2v) is 10.2. The molecule has 0 aliphatic rings. The third-order valence-electron chi connectivity index (χ3n) is 6.64. The summed E-state index contributed by atoms with van der Waals surface area (Å²) in [6, 6.07) is 0. The second kappa shape index (κ2) is 23.6. The first kappa shape index (κ1) is 33.6. The average molecular weight is 473 g/mol. The summed E-state index contributed by atoms with van der Waals surface area (Å²) in [6.45, 7) is 10.7. The van der Waals surface area contributed by atoms with E-state index in [4.69, 9.17) is 0 Å². The molecule has 0 aliphatic carbocycles. The summed E-state index contributed by atoms with van der Waals surface area (Å²) in [6.07, 6.45) is 24.5. The number of hydrogen-bond acceptors (Lipinski definition) is 1. The highest BCUT2D eigenvalue weighted by Crippen LogP contribution is 2.17. The van der Waals surface area contributed by atoms with E-state index in [0.29, 0.717) is 6.42 Å². The Hall–Kier alpha value is -0.540. The number of quaternary nitrogens is 1. The zero-order chi connectivity index (χ0) is 23.2. The van der Waals surface area contributed by atoms with Crippen molar-refractivity contribution in [1.82, 2.24) is 5.32 Å². The van der Waals surface area contributed by atoms with Crippen molar-refractivity contribution >= 4 is 5.91 Å². The molecule has 0 fully saturated rings. The van der Waals surface area contributed by atoms with Gasteiger partial charge >= 0.3 is 0 Å². The maximum absolute atomic E-state index is 12.3. The predicted molar refractivity (Wildman–Crippen MR) is 138 cm³/mol. The van der Waals surface area contributed by atoms with Crippen LogP contribution < -0.4 is 17.7 Å². The highest BCUT2D eigenvalue weighted by molar-refractivity contribution is 5.77. The lowest BCUT2D eigenvalue weighted by Crippen LogP contribution is -3.00. The van der Waals surface area contributed by atoms with Gasteiger partial charge in [0, 0.05) is 6.54 Å². The zero-order valence-electron chi connectivity index (χ0n) is 22.3. The van der Waals surface area contributed by atoms with Crippen LogP contribution in [0.5, 0.6) is 0 Å². The van der Waals surface area contributed by atoms with Crippen LogP contribution in [0.2, 0.25) is 0 Å². The molecule has 192 valence electrons. The van der Waals surface area contributed by atoms with Crippen molar-refractivity contribution < 1.29 is 21.7 Å². The van der Waals surface area contributed by atoms with E-state index in [9.17, 15) is 4.79 Å². The van der Waals surface area contributed by atoms with Crippen molar-refractivity contribution in [3.63, 3.8) is 0 Å². The molecule has 0 aliphatic heterocycles. The number of rotatable bonds is 23. The van der Waals surface area contributed by atoms with E-state index in [1.807, 2.05) is 0 Å². The SMILES string of the molecule is C=C(CC(=O)NCCCCCCCCCC)[N+](C)(C)CCCCCCCCCCCC.[Cl-]. The monoisotopic (exact) mass is 472 g/mol. The van der Waals surface area contributed by atoms with Gasteiger partial charge in [-0.15, -0.1) is 0 Å². The number of hydrogen-bond donors (Lipinski definition) is 1. The fraction of sp³-hybridized carbons (Fsp3) is 0.893. The van der Waals surface area contributed by atoms with E-state index in [2.05, 4.69) is 39.8 Å². The van der Waals surface area contributed by atoms with Gasteiger partial charge in [0.2, 0.25) is 5.91 Å². The zero-order valence-corrected chi connectivity index (χ0v) is 23.0. The van der Waals surface area contributed by atoms with Crippen molar-refractivity contribution in [1.29, 1.82) is 0 Å². The topological polar surface area (TPSA) is 29.1 Å². The van der Waals surface area contributed by atoms with Gasteiger partial charge < -0.3 is 17.7 Å². The van der Waals surface area contributed by atoms with E-state index < -0.39 is 0 Å². The van der Waals surface area contributed by atoms with Crippen molar-refractivity contribution in [2.75, 3.05) is 27.2 Å². The number of amides is 1. The minimum atomic E-state index is 0. The fourth-order valence-corrected chi connectivity index (χ4v) is 4.10. The summed E-state index contributed by atoms with van der Waals surface area (Å²) in [5, 5.41) is 3.10. The van der Waals surface area contributed by atoms with Gasteiger partial charge in [-0.3, -0.25) is 9.28 Å². The molecule has 32 heavy (non-hydrogen) atoms. The molecule has 0 atom stereocenters. The highest BCUT2D eigenvalue weighted by atomic mass is 35.5. The van der Waals surface area contributed by atoms with Crippen molar-refractivity contribution in [3.05, 3.63) is 12.3 Å². The van der Waals surface area contributed by atoms with Crippen LogP contribution in [-0.4, -0.2) is 37.6 Å². The molecule has 0 aromatic carbocycles. The molecule has 1 amide bonds. The molecule has 0 aromatic heterocycles. The number of halogens is 1. The molecule has 1 N–H and O–H groups in total. The lowest BCUT2D eigenvalue weighted by Gasteiger charge is -2.31. The first-order valence-electron chi connectivity index (χ1n) is 13.7. The Kier molecular flexibility index (Phi) is 24.8. The molecule has 0 heterocycles. The van der Waals surface area contributed by atoms with Crippen LogP contribution in [0.25, 0.3) is 0 Å². The van der Waals surface area contributed by atoms with E-state index in [-0.39, 0.29) is 18.3 Å². The molecule has 0 saturated heterocycles. The summed E-state index contributed by atoms with van der Waals surface area (Å²) in [5.41, 5.74) is 1.03. The third kappa shape index (κ3) is 21.3. The molecule has 0 aromatic rings. The Balaban J connectivity index is 0. The van der Waals surface area contributed by atoms with Crippen LogP contribution in [0.4, 0.5) is 0 Å². The Labute approximate surface area is 208 Å². The molecular weight excluding hydrogens is 416 g/mol. The molecule has 3 nitrogen and oxygen atoms in total. The summed E-state index contributed by atoms with van der Waals surface area (Å²) in [5.74, 6) is 0.141. The molecule has 0 unspecified atom stereocenters. The predicted octanol–water partition coefficient (Wildman–Crippen LogP) is 5.15. The second-order valence-electron chi connectivity index (χ2n) is 10.2. The lowest BCUT2D eigenvalue weighted by atomic mass is 10.1. The third-order valence-corrected chi connectivity index (χ3v) is 6.64. The molecule has 0 rings (SSSR count). The van der Waals surface area contributed by atoms with E-state index in [0.717, 1.165) is 29.7 Å². The minimum Gasteiger partial charge on any atom is -1.00 e. The maximum atomic E-state index is 12.3. The van der Waals surface area contributed by atoms with Gasteiger partial charge in [0.05, 0.1) is 20.6 Å². The van der Waals surface area contributed by atoms with E-state index >= 15 is 0 Å². The van der Waals surface area contributed by atoms with Gasteiger partial charge in [-0.25, -0.2) is 0 Å². The molecule has 0 bridgehead atoms. The number of unbranched alkanes of at least 4 members (excludes halogenated alkanes) is 16. The average Bonchev–Trinajstić information content (AvgIpc) is 2.73. The molecule has 0 saturated carbocycles. The summed E-state index contributed by atoms with van der Waals surface area (Å²) >= 11 is 0. The van der Waals surface area contributed by atoms with Gasteiger partial charge in [0.15, 0.2) is 0 Å². The number of carbonyl (C=O) groups is 1. The minimum absolute atomic E-state index is 0. The first-order valence-corrected chi connectivity index (χ1v) is 13.7.